The predicted octanol–water partition coefficient (Wildman–Crippen LogP) is 4.74. The Balaban J connectivity index is 2.23. The molecule has 16 heavy (non-hydrogen) atoms. The second-order valence-corrected chi connectivity index (χ2v) is 4.10. The van der Waals surface area contributed by atoms with Gasteiger partial charge in [0.2, 0.25) is 0 Å². The maximum atomic E-state index is 2.28. The lowest BCUT2D eigenvalue weighted by Crippen LogP contribution is -1.83. The van der Waals surface area contributed by atoms with Gasteiger partial charge in [-0.15, -0.1) is 0 Å². The van der Waals surface area contributed by atoms with Crippen molar-refractivity contribution in [3.8, 4) is 0 Å². The lowest BCUT2D eigenvalue weighted by Gasteiger charge is -2.03. The third-order valence-corrected chi connectivity index (χ3v) is 2.84. The fourth-order valence-corrected chi connectivity index (χ4v) is 1.97. The summed E-state index contributed by atoms with van der Waals surface area (Å²) in [6.45, 7) is 2.21. The molecule has 0 saturated carbocycles. The fourth-order valence-electron chi connectivity index (χ4n) is 1.97. The van der Waals surface area contributed by atoms with E-state index >= 15 is 0 Å². The van der Waals surface area contributed by atoms with Crippen LogP contribution in [0.3, 0.4) is 0 Å². The third kappa shape index (κ3) is 2.52. The van der Waals surface area contributed by atoms with Gasteiger partial charge in [0.15, 0.2) is 0 Å². The molecule has 0 heteroatoms. The van der Waals surface area contributed by atoms with Crippen molar-refractivity contribution in [2.45, 2.75) is 26.2 Å². The number of rotatable bonds is 4. The van der Waals surface area contributed by atoms with Gasteiger partial charge in [0.1, 0.15) is 0 Å². The summed E-state index contributed by atoms with van der Waals surface area (Å²) in [7, 11) is 0. The zero-order valence-corrected chi connectivity index (χ0v) is 9.82. The van der Waals surface area contributed by atoms with E-state index in [1.807, 2.05) is 0 Å². The Morgan fingerprint density at radius 2 is 1.75 bits per heavy atom. The van der Waals surface area contributed by atoms with Crippen LogP contribution in [0.25, 0.3) is 10.8 Å². The Morgan fingerprint density at radius 1 is 0.938 bits per heavy atom. The molecule has 0 aliphatic carbocycles. The normalized spacial score (nSPS) is 11.3. The Labute approximate surface area is 97.6 Å². The molecule has 0 heterocycles. The summed E-state index contributed by atoms with van der Waals surface area (Å²) in [5.74, 6) is 0. The van der Waals surface area contributed by atoms with Crippen LogP contribution in [0.1, 0.15) is 25.3 Å². The van der Waals surface area contributed by atoms with Gasteiger partial charge in [-0.05, 0) is 29.2 Å². The first kappa shape index (κ1) is 10.9. The molecule has 0 aromatic heterocycles. The van der Waals surface area contributed by atoms with E-state index in [2.05, 4.69) is 61.5 Å². The smallest absolute Gasteiger partial charge is 0.00913 e. The van der Waals surface area contributed by atoms with E-state index in [0.29, 0.717) is 0 Å². The molecule has 0 aliphatic rings. The van der Waals surface area contributed by atoms with Crippen molar-refractivity contribution in [1.82, 2.24) is 0 Å². The van der Waals surface area contributed by atoms with Gasteiger partial charge in [-0.3, -0.25) is 0 Å². The van der Waals surface area contributed by atoms with Crippen LogP contribution in [0.2, 0.25) is 0 Å². The molecule has 0 spiro atoms. The van der Waals surface area contributed by atoms with E-state index in [4.69, 9.17) is 0 Å². The summed E-state index contributed by atoms with van der Waals surface area (Å²) < 4.78 is 0. The molecule has 0 N–H and O–H groups in total. The highest BCUT2D eigenvalue weighted by molar-refractivity contribution is 5.85. The van der Waals surface area contributed by atoms with E-state index in [1.165, 1.54) is 29.2 Å². The fraction of sp³-hybridized carbons (Fsp3) is 0.250. The van der Waals surface area contributed by atoms with Crippen LogP contribution in [-0.2, 0) is 6.42 Å². The molecule has 2 aromatic carbocycles. The third-order valence-electron chi connectivity index (χ3n) is 2.84. The van der Waals surface area contributed by atoms with Crippen molar-refractivity contribution in [2.24, 2.45) is 0 Å². The van der Waals surface area contributed by atoms with Crippen molar-refractivity contribution in [2.75, 3.05) is 0 Å². The molecule has 2 aromatic rings. The summed E-state index contributed by atoms with van der Waals surface area (Å²) in [6.07, 6.45) is 8.02. The van der Waals surface area contributed by atoms with Gasteiger partial charge in [0, 0.05) is 0 Å². The Kier molecular flexibility index (Phi) is 3.76. The molecule has 0 bridgehead atoms. The van der Waals surface area contributed by atoms with Gasteiger partial charge in [-0.1, -0.05) is 68.0 Å². The second-order valence-electron chi connectivity index (χ2n) is 4.10. The van der Waals surface area contributed by atoms with Crippen LogP contribution in [0.15, 0.2) is 54.6 Å². The second kappa shape index (κ2) is 5.50. The molecule has 0 fully saturated rings. The molecule has 0 nitrogen and oxygen atoms in total. The minimum absolute atomic E-state index is 1.04. The number of unbranched alkanes of at least 4 members (excludes halogenated alkanes) is 1. The molecular formula is C16H18. The van der Waals surface area contributed by atoms with E-state index in [0.717, 1.165) is 6.42 Å². The van der Waals surface area contributed by atoms with E-state index < -0.39 is 0 Å². The molecule has 0 atom stereocenters. The summed E-state index contributed by atoms with van der Waals surface area (Å²) in [6, 6.07) is 15.1. The van der Waals surface area contributed by atoms with Crippen molar-refractivity contribution in [3.05, 3.63) is 60.2 Å². The summed E-state index contributed by atoms with van der Waals surface area (Å²) in [4.78, 5) is 0. The summed E-state index contributed by atoms with van der Waals surface area (Å²) >= 11 is 0. The van der Waals surface area contributed by atoms with Gasteiger partial charge in [0.25, 0.3) is 0 Å². The molecule has 0 saturated heterocycles. The standard InChI is InChI=1S/C16H18/c1-2-3-4-5-9-14-11-8-12-15-10-6-7-13-16(14)15/h4-8,10-13H,2-3,9H2,1H3. The maximum Gasteiger partial charge on any atom is -0.00913 e. The van der Waals surface area contributed by atoms with Gasteiger partial charge in [0.05, 0.1) is 0 Å². The van der Waals surface area contributed by atoms with Crippen LogP contribution in [0, 0.1) is 0 Å². The summed E-state index contributed by atoms with van der Waals surface area (Å²) in [5.41, 5.74) is 1.42. The van der Waals surface area contributed by atoms with E-state index in [-0.39, 0.29) is 0 Å². The molecule has 0 unspecified atom stereocenters. The molecule has 2 rings (SSSR count). The van der Waals surface area contributed by atoms with E-state index in [9.17, 15) is 0 Å². The first-order chi connectivity index (χ1) is 7.92. The predicted molar refractivity (Wildman–Crippen MR) is 71.7 cm³/mol. The molecular weight excluding hydrogens is 192 g/mol. The topological polar surface area (TPSA) is 0 Å². The SMILES string of the molecule is CCCC=CCc1cccc2ccccc12. The number of allylic oxidation sites excluding steroid dienone is 2. The highest BCUT2D eigenvalue weighted by Gasteiger charge is 1.97. The van der Waals surface area contributed by atoms with Gasteiger partial charge in [-0.25, -0.2) is 0 Å². The minimum Gasteiger partial charge on any atom is -0.0882 e. The summed E-state index contributed by atoms with van der Waals surface area (Å²) in [5, 5.41) is 2.72. The van der Waals surface area contributed by atoms with Crippen LogP contribution < -0.4 is 0 Å². The largest absolute Gasteiger partial charge is 0.0882 e. The van der Waals surface area contributed by atoms with Crippen LogP contribution >= 0.6 is 0 Å². The van der Waals surface area contributed by atoms with Crippen LogP contribution in [-0.4, -0.2) is 0 Å². The zero-order chi connectivity index (χ0) is 11.2. The first-order valence-corrected chi connectivity index (χ1v) is 6.03. The van der Waals surface area contributed by atoms with Crippen LogP contribution in [0.4, 0.5) is 0 Å². The van der Waals surface area contributed by atoms with Gasteiger partial charge >= 0.3 is 0 Å². The van der Waals surface area contributed by atoms with Crippen LogP contribution in [0.5, 0.6) is 0 Å². The Hall–Kier alpha value is -1.56. The van der Waals surface area contributed by atoms with Gasteiger partial charge in [-0.2, -0.15) is 0 Å². The zero-order valence-electron chi connectivity index (χ0n) is 9.82. The van der Waals surface area contributed by atoms with Crippen molar-refractivity contribution in [1.29, 1.82) is 0 Å². The minimum atomic E-state index is 1.04. The number of hydrogen-bond donors (Lipinski definition) is 0. The number of benzene rings is 2. The van der Waals surface area contributed by atoms with Crippen molar-refractivity contribution >= 4 is 10.8 Å². The molecule has 0 radical (unpaired) electrons. The average molecular weight is 210 g/mol. The number of fused-ring (bicyclic) bond motifs is 1. The first-order valence-electron chi connectivity index (χ1n) is 6.03. The molecule has 0 amide bonds. The van der Waals surface area contributed by atoms with Crippen molar-refractivity contribution < 1.29 is 0 Å². The monoisotopic (exact) mass is 210 g/mol. The van der Waals surface area contributed by atoms with E-state index in [1.54, 1.807) is 0 Å². The Bertz CT molecular complexity index is 475. The van der Waals surface area contributed by atoms with Gasteiger partial charge < -0.3 is 0 Å². The molecule has 82 valence electrons. The Morgan fingerprint density at radius 3 is 2.62 bits per heavy atom. The lowest BCUT2D eigenvalue weighted by molar-refractivity contribution is 0.954. The highest BCUT2D eigenvalue weighted by Crippen LogP contribution is 2.19. The average Bonchev–Trinajstić information content (AvgIpc) is 2.35. The number of hydrogen-bond acceptors (Lipinski definition) is 0. The quantitative estimate of drug-likeness (QED) is 0.639. The molecule has 0 aliphatic heterocycles. The maximum absolute atomic E-state index is 2.28. The van der Waals surface area contributed by atoms with Crippen molar-refractivity contribution in [3.63, 3.8) is 0 Å². The highest BCUT2D eigenvalue weighted by atomic mass is 14.0. The lowest BCUT2D eigenvalue weighted by atomic mass is 10.0.